The Morgan fingerprint density at radius 1 is 1.20 bits per heavy atom. The van der Waals surface area contributed by atoms with E-state index in [4.69, 9.17) is 4.74 Å². The van der Waals surface area contributed by atoms with Crippen LogP contribution in [0.2, 0.25) is 0 Å². The van der Waals surface area contributed by atoms with Gasteiger partial charge in [-0.1, -0.05) is 18.2 Å². The first-order valence-electron chi connectivity index (χ1n) is 5.76. The van der Waals surface area contributed by atoms with Gasteiger partial charge in [0.1, 0.15) is 11.4 Å². The lowest BCUT2D eigenvalue weighted by molar-refractivity contribution is -0.123. The molecule has 20 heavy (non-hydrogen) atoms. The highest BCUT2D eigenvalue weighted by molar-refractivity contribution is 9.10. The Kier molecular flexibility index (Phi) is 4.78. The molecule has 7 heteroatoms. The Labute approximate surface area is 123 Å². The number of carbonyl (C=O) groups excluding carboxylic acids is 2. The summed E-state index contributed by atoms with van der Waals surface area (Å²) in [6.45, 7) is -0.182. The van der Waals surface area contributed by atoms with E-state index in [0.717, 1.165) is 4.47 Å². The minimum Gasteiger partial charge on any atom is -0.484 e. The van der Waals surface area contributed by atoms with Gasteiger partial charge in [-0.05, 0) is 34.1 Å². The molecule has 1 heterocycles. The number of hydrogen-bond acceptors (Lipinski definition) is 3. The summed E-state index contributed by atoms with van der Waals surface area (Å²) in [5.74, 6) is -0.307. The third-order valence-corrected chi connectivity index (χ3v) is 2.78. The predicted molar refractivity (Wildman–Crippen MR) is 76.0 cm³/mol. The number of nitrogens with one attached hydrogen (secondary N) is 3. The smallest absolute Gasteiger partial charge is 0.286 e. The van der Waals surface area contributed by atoms with E-state index < -0.39 is 11.8 Å². The van der Waals surface area contributed by atoms with E-state index in [-0.39, 0.29) is 6.61 Å². The monoisotopic (exact) mass is 337 g/mol. The normalized spacial score (nSPS) is 9.85. The van der Waals surface area contributed by atoms with Crippen molar-refractivity contribution in [3.8, 4) is 5.75 Å². The zero-order valence-corrected chi connectivity index (χ0v) is 11.9. The van der Waals surface area contributed by atoms with Crippen molar-refractivity contribution >= 4 is 27.7 Å². The van der Waals surface area contributed by atoms with Crippen LogP contribution in [-0.2, 0) is 4.79 Å². The Morgan fingerprint density at radius 3 is 2.60 bits per heavy atom. The quantitative estimate of drug-likeness (QED) is 0.741. The molecule has 6 nitrogen and oxygen atoms in total. The average Bonchev–Trinajstić information content (AvgIpc) is 2.90. The summed E-state index contributed by atoms with van der Waals surface area (Å²) < 4.78 is 5.98. The van der Waals surface area contributed by atoms with Gasteiger partial charge in [0.15, 0.2) is 6.61 Å². The summed E-state index contributed by atoms with van der Waals surface area (Å²) in [6, 6.07) is 10.5. The fraction of sp³-hybridized carbons (Fsp3) is 0.0769. The number of halogens is 1. The summed E-state index contributed by atoms with van der Waals surface area (Å²) in [5, 5.41) is 0. The SMILES string of the molecule is O=C(COc1ccccc1)NNC(=O)c1cc(Br)c[nH]1. The molecule has 0 unspecified atom stereocenters. The van der Waals surface area contributed by atoms with Gasteiger partial charge in [-0.2, -0.15) is 0 Å². The van der Waals surface area contributed by atoms with E-state index >= 15 is 0 Å². The van der Waals surface area contributed by atoms with E-state index in [9.17, 15) is 9.59 Å². The van der Waals surface area contributed by atoms with Crippen LogP contribution in [0, 0.1) is 0 Å². The molecule has 1 aromatic carbocycles. The summed E-state index contributed by atoms with van der Waals surface area (Å²) >= 11 is 3.21. The predicted octanol–water partition coefficient (Wildman–Crippen LogP) is 1.62. The van der Waals surface area contributed by atoms with E-state index in [1.807, 2.05) is 6.07 Å². The topological polar surface area (TPSA) is 83.2 Å². The van der Waals surface area contributed by atoms with Crippen LogP contribution in [-0.4, -0.2) is 23.4 Å². The number of ether oxygens (including phenoxy) is 1. The van der Waals surface area contributed by atoms with Crippen molar-refractivity contribution in [3.63, 3.8) is 0 Å². The molecule has 0 radical (unpaired) electrons. The van der Waals surface area contributed by atoms with Crippen LogP contribution in [0.15, 0.2) is 47.1 Å². The maximum Gasteiger partial charge on any atom is 0.286 e. The van der Waals surface area contributed by atoms with Crippen molar-refractivity contribution in [2.24, 2.45) is 0 Å². The first-order valence-corrected chi connectivity index (χ1v) is 6.55. The minimum absolute atomic E-state index is 0.182. The number of benzene rings is 1. The first kappa shape index (κ1) is 14.1. The fourth-order valence-electron chi connectivity index (χ4n) is 1.39. The highest BCUT2D eigenvalue weighted by atomic mass is 79.9. The fourth-order valence-corrected chi connectivity index (χ4v) is 1.74. The molecule has 0 aliphatic rings. The standard InChI is InChI=1S/C13H12BrN3O3/c14-9-6-11(15-7-9)13(19)17-16-12(18)8-20-10-4-2-1-3-5-10/h1-7,15H,8H2,(H,16,18)(H,17,19). The van der Waals surface area contributed by atoms with Crippen LogP contribution < -0.4 is 15.6 Å². The molecule has 2 aromatic rings. The number of para-hydroxylation sites is 1. The van der Waals surface area contributed by atoms with Crippen LogP contribution in [0.5, 0.6) is 5.75 Å². The average molecular weight is 338 g/mol. The maximum absolute atomic E-state index is 11.6. The van der Waals surface area contributed by atoms with Crippen LogP contribution in [0.25, 0.3) is 0 Å². The number of hydrogen-bond donors (Lipinski definition) is 3. The second kappa shape index (κ2) is 6.76. The molecule has 0 saturated carbocycles. The summed E-state index contributed by atoms with van der Waals surface area (Å²) in [7, 11) is 0. The lowest BCUT2D eigenvalue weighted by atomic mass is 10.3. The number of carbonyl (C=O) groups is 2. The zero-order valence-electron chi connectivity index (χ0n) is 10.4. The number of aromatic nitrogens is 1. The molecule has 2 rings (SSSR count). The lowest BCUT2D eigenvalue weighted by Gasteiger charge is -2.07. The highest BCUT2D eigenvalue weighted by Crippen LogP contribution is 2.10. The minimum atomic E-state index is -0.451. The third-order valence-electron chi connectivity index (χ3n) is 2.32. The molecule has 0 aliphatic heterocycles. The van der Waals surface area contributed by atoms with Gasteiger partial charge in [-0.3, -0.25) is 20.4 Å². The third kappa shape index (κ3) is 4.13. The molecule has 1 aromatic heterocycles. The van der Waals surface area contributed by atoms with Crippen LogP contribution >= 0.6 is 15.9 Å². The molecule has 2 amide bonds. The maximum atomic E-state index is 11.6. The summed E-state index contributed by atoms with van der Waals surface area (Å²) in [6.07, 6.45) is 1.62. The number of rotatable bonds is 4. The van der Waals surface area contributed by atoms with Gasteiger partial charge in [0, 0.05) is 10.7 Å². The van der Waals surface area contributed by atoms with Crippen molar-refractivity contribution in [2.45, 2.75) is 0 Å². The first-order chi connectivity index (χ1) is 9.65. The Balaban J connectivity index is 1.74. The largest absolute Gasteiger partial charge is 0.484 e. The second-order valence-electron chi connectivity index (χ2n) is 3.84. The van der Waals surface area contributed by atoms with Gasteiger partial charge < -0.3 is 9.72 Å². The van der Waals surface area contributed by atoms with E-state index in [2.05, 4.69) is 31.8 Å². The molecular formula is C13H12BrN3O3. The number of H-pyrrole nitrogens is 1. The second-order valence-corrected chi connectivity index (χ2v) is 4.75. The van der Waals surface area contributed by atoms with E-state index in [1.54, 1.807) is 36.5 Å². The van der Waals surface area contributed by atoms with Gasteiger partial charge in [0.05, 0.1) is 0 Å². The molecule has 0 saturated heterocycles. The molecule has 3 N–H and O–H groups in total. The van der Waals surface area contributed by atoms with Crippen molar-refractivity contribution in [1.82, 2.24) is 15.8 Å². The molecule has 0 aliphatic carbocycles. The van der Waals surface area contributed by atoms with Crippen molar-refractivity contribution in [3.05, 3.63) is 52.8 Å². The lowest BCUT2D eigenvalue weighted by Crippen LogP contribution is -2.43. The number of aromatic amines is 1. The highest BCUT2D eigenvalue weighted by Gasteiger charge is 2.09. The Bertz CT molecular complexity index is 598. The van der Waals surface area contributed by atoms with Gasteiger partial charge in [0.25, 0.3) is 11.8 Å². The van der Waals surface area contributed by atoms with E-state index in [0.29, 0.717) is 11.4 Å². The number of hydrazine groups is 1. The molecule has 0 spiro atoms. The van der Waals surface area contributed by atoms with E-state index in [1.165, 1.54) is 0 Å². The van der Waals surface area contributed by atoms with Crippen LogP contribution in [0.4, 0.5) is 0 Å². The Hall–Kier alpha value is -2.28. The van der Waals surface area contributed by atoms with Gasteiger partial charge >= 0.3 is 0 Å². The molecule has 0 bridgehead atoms. The number of amides is 2. The van der Waals surface area contributed by atoms with Gasteiger partial charge in [-0.15, -0.1) is 0 Å². The van der Waals surface area contributed by atoms with Crippen molar-refractivity contribution in [2.75, 3.05) is 6.61 Å². The van der Waals surface area contributed by atoms with Crippen LogP contribution in [0.1, 0.15) is 10.5 Å². The molecular weight excluding hydrogens is 326 g/mol. The van der Waals surface area contributed by atoms with Crippen molar-refractivity contribution < 1.29 is 14.3 Å². The zero-order chi connectivity index (χ0) is 14.4. The van der Waals surface area contributed by atoms with Gasteiger partial charge in [-0.25, -0.2) is 0 Å². The Morgan fingerprint density at radius 2 is 1.95 bits per heavy atom. The molecule has 104 valence electrons. The molecule has 0 fully saturated rings. The summed E-state index contributed by atoms with van der Waals surface area (Å²) in [4.78, 5) is 25.9. The van der Waals surface area contributed by atoms with Crippen LogP contribution in [0.3, 0.4) is 0 Å². The van der Waals surface area contributed by atoms with Gasteiger partial charge in [0.2, 0.25) is 0 Å². The molecule has 0 atom stereocenters. The van der Waals surface area contributed by atoms with Crippen molar-refractivity contribution in [1.29, 1.82) is 0 Å². The summed E-state index contributed by atoms with van der Waals surface area (Å²) in [5.41, 5.74) is 4.87.